The van der Waals surface area contributed by atoms with Crippen LogP contribution in [0.25, 0.3) is 0 Å². The monoisotopic (exact) mass is 287 g/mol. The van der Waals surface area contributed by atoms with Crippen LogP contribution < -0.4 is 10.1 Å². The summed E-state index contributed by atoms with van der Waals surface area (Å²) in [5.74, 6) is 0.674. The molecule has 1 N–H and O–H groups in total. The molecule has 0 bridgehead atoms. The van der Waals surface area contributed by atoms with Crippen LogP contribution >= 0.6 is 0 Å². The van der Waals surface area contributed by atoms with Gasteiger partial charge in [-0.2, -0.15) is 0 Å². The summed E-state index contributed by atoms with van der Waals surface area (Å²) in [4.78, 5) is 0. The summed E-state index contributed by atoms with van der Waals surface area (Å²) in [6.07, 6.45) is 0.975. The van der Waals surface area contributed by atoms with Gasteiger partial charge in [-0.05, 0) is 55.3 Å². The minimum atomic E-state index is -0.175. The zero-order chi connectivity index (χ0) is 15.2. The average Bonchev–Trinajstić information content (AvgIpc) is 2.50. The van der Waals surface area contributed by atoms with Gasteiger partial charge < -0.3 is 10.1 Å². The van der Waals surface area contributed by atoms with E-state index >= 15 is 0 Å². The Morgan fingerprint density at radius 2 is 1.90 bits per heavy atom. The first-order valence-corrected chi connectivity index (χ1v) is 7.31. The van der Waals surface area contributed by atoms with E-state index in [0.717, 1.165) is 23.3 Å². The Hall–Kier alpha value is -1.87. The van der Waals surface area contributed by atoms with Crippen molar-refractivity contribution in [2.24, 2.45) is 0 Å². The highest BCUT2D eigenvalue weighted by Gasteiger charge is 2.14. The number of nitrogens with one attached hydrogen (secondary N) is 1. The molecule has 0 aliphatic carbocycles. The fraction of sp³-hybridized carbons (Fsp3) is 0.333. The summed E-state index contributed by atoms with van der Waals surface area (Å²) in [5.41, 5.74) is 2.64. The smallest absolute Gasteiger partial charge is 0.126 e. The molecule has 1 atom stereocenters. The van der Waals surface area contributed by atoms with Crippen molar-refractivity contribution in [3.63, 3.8) is 0 Å². The number of hydrogen-bond donors (Lipinski definition) is 1. The van der Waals surface area contributed by atoms with Crippen LogP contribution in [0.4, 0.5) is 4.39 Å². The molecule has 2 aromatic carbocycles. The van der Waals surface area contributed by atoms with E-state index in [1.807, 2.05) is 43.4 Å². The zero-order valence-electron chi connectivity index (χ0n) is 12.8. The Morgan fingerprint density at radius 3 is 2.57 bits per heavy atom. The van der Waals surface area contributed by atoms with Gasteiger partial charge in [0, 0.05) is 0 Å². The molecule has 1 unspecified atom stereocenters. The topological polar surface area (TPSA) is 21.3 Å². The van der Waals surface area contributed by atoms with Crippen molar-refractivity contribution in [1.29, 1.82) is 0 Å². The third kappa shape index (κ3) is 3.82. The van der Waals surface area contributed by atoms with E-state index in [-0.39, 0.29) is 11.9 Å². The largest absolute Gasteiger partial charge is 0.494 e. The van der Waals surface area contributed by atoms with Crippen LogP contribution in [0.2, 0.25) is 0 Å². The van der Waals surface area contributed by atoms with Gasteiger partial charge in [0.25, 0.3) is 0 Å². The Labute approximate surface area is 126 Å². The maximum absolute atomic E-state index is 13.8. The molecule has 0 saturated carbocycles. The molecular weight excluding hydrogens is 265 g/mol. The minimum absolute atomic E-state index is 0.0507. The number of benzene rings is 2. The molecule has 0 amide bonds. The highest BCUT2D eigenvalue weighted by Crippen LogP contribution is 2.26. The molecule has 112 valence electrons. The summed E-state index contributed by atoms with van der Waals surface area (Å²) in [6, 6.07) is 13.3. The highest BCUT2D eigenvalue weighted by atomic mass is 19.1. The van der Waals surface area contributed by atoms with Gasteiger partial charge in [0.05, 0.1) is 12.6 Å². The molecule has 2 aromatic rings. The first-order valence-electron chi connectivity index (χ1n) is 7.31. The van der Waals surface area contributed by atoms with Crippen LogP contribution in [0, 0.1) is 12.7 Å². The van der Waals surface area contributed by atoms with Crippen LogP contribution in [-0.2, 0) is 0 Å². The normalized spacial score (nSPS) is 12.2. The van der Waals surface area contributed by atoms with Gasteiger partial charge in [-0.3, -0.25) is 0 Å². The summed E-state index contributed by atoms with van der Waals surface area (Å²) >= 11 is 0. The van der Waals surface area contributed by atoms with Crippen molar-refractivity contribution >= 4 is 0 Å². The Morgan fingerprint density at radius 1 is 1.14 bits per heavy atom. The zero-order valence-corrected chi connectivity index (χ0v) is 12.8. The second-order valence-electron chi connectivity index (χ2n) is 5.15. The molecule has 0 fully saturated rings. The molecule has 2 nitrogen and oxygen atoms in total. The number of aryl methyl sites for hydroxylation is 1. The van der Waals surface area contributed by atoms with Gasteiger partial charge in [0.15, 0.2) is 0 Å². The van der Waals surface area contributed by atoms with Crippen molar-refractivity contribution in [2.75, 3.05) is 13.7 Å². The summed E-state index contributed by atoms with van der Waals surface area (Å²) < 4.78 is 19.5. The van der Waals surface area contributed by atoms with Crippen LogP contribution in [0.5, 0.6) is 5.75 Å². The summed E-state index contributed by atoms with van der Waals surface area (Å²) in [6.45, 7) is 4.55. The molecule has 0 aliphatic heterocycles. The van der Waals surface area contributed by atoms with Gasteiger partial charge in [-0.1, -0.05) is 31.2 Å². The second kappa shape index (κ2) is 7.23. The number of ether oxygens (including phenoxy) is 1. The lowest BCUT2D eigenvalue weighted by Gasteiger charge is -2.18. The molecule has 0 aromatic heterocycles. The van der Waals surface area contributed by atoms with Crippen molar-refractivity contribution in [3.05, 3.63) is 65.0 Å². The van der Waals surface area contributed by atoms with Gasteiger partial charge in [0.1, 0.15) is 11.6 Å². The second-order valence-corrected chi connectivity index (χ2v) is 5.15. The first kappa shape index (κ1) is 15.5. The van der Waals surface area contributed by atoms with E-state index in [0.29, 0.717) is 12.2 Å². The molecule has 0 spiro atoms. The molecular formula is C18H22FNO. The molecule has 21 heavy (non-hydrogen) atoms. The summed E-state index contributed by atoms with van der Waals surface area (Å²) in [7, 11) is 1.88. The summed E-state index contributed by atoms with van der Waals surface area (Å²) in [5, 5.41) is 3.24. The Kier molecular flexibility index (Phi) is 5.34. The third-order valence-corrected chi connectivity index (χ3v) is 3.48. The van der Waals surface area contributed by atoms with Gasteiger partial charge >= 0.3 is 0 Å². The van der Waals surface area contributed by atoms with Crippen LogP contribution in [-0.4, -0.2) is 13.7 Å². The lowest BCUT2D eigenvalue weighted by atomic mass is 9.97. The van der Waals surface area contributed by atoms with Crippen molar-refractivity contribution in [3.8, 4) is 5.75 Å². The predicted molar refractivity (Wildman–Crippen MR) is 84.3 cm³/mol. The van der Waals surface area contributed by atoms with Crippen molar-refractivity contribution < 1.29 is 9.13 Å². The predicted octanol–water partition coefficient (Wildman–Crippen LogP) is 4.23. The maximum atomic E-state index is 13.8. The molecule has 0 aliphatic rings. The van der Waals surface area contributed by atoms with Crippen molar-refractivity contribution in [2.45, 2.75) is 26.3 Å². The average molecular weight is 287 g/mol. The highest BCUT2D eigenvalue weighted by molar-refractivity contribution is 5.37. The Bertz CT molecular complexity index is 598. The van der Waals surface area contributed by atoms with Crippen molar-refractivity contribution in [1.82, 2.24) is 5.32 Å². The fourth-order valence-corrected chi connectivity index (χ4v) is 2.32. The molecule has 0 heterocycles. The van der Waals surface area contributed by atoms with Crippen LogP contribution in [0.3, 0.4) is 0 Å². The van der Waals surface area contributed by atoms with Crippen LogP contribution in [0.1, 0.15) is 36.1 Å². The molecule has 3 heteroatoms. The van der Waals surface area contributed by atoms with Crippen LogP contribution in [0.15, 0.2) is 42.5 Å². The molecule has 2 rings (SSSR count). The van der Waals surface area contributed by atoms with E-state index in [9.17, 15) is 4.39 Å². The Balaban J connectivity index is 2.30. The SMILES string of the molecule is CCCOc1cccc(C(NC)c2ccc(C)c(F)c2)c1. The first-order chi connectivity index (χ1) is 10.2. The third-order valence-electron chi connectivity index (χ3n) is 3.48. The van der Waals surface area contributed by atoms with E-state index in [1.165, 1.54) is 0 Å². The maximum Gasteiger partial charge on any atom is 0.126 e. The van der Waals surface area contributed by atoms with Gasteiger partial charge in [0.2, 0.25) is 0 Å². The molecule has 0 radical (unpaired) electrons. The van der Waals surface area contributed by atoms with E-state index < -0.39 is 0 Å². The lowest BCUT2D eigenvalue weighted by Crippen LogP contribution is -2.18. The minimum Gasteiger partial charge on any atom is -0.494 e. The lowest BCUT2D eigenvalue weighted by molar-refractivity contribution is 0.317. The van der Waals surface area contributed by atoms with E-state index in [4.69, 9.17) is 4.74 Å². The quantitative estimate of drug-likeness (QED) is 0.858. The van der Waals surface area contributed by atoms with Gasteiger partial charge in [-0.15, -0.1) is 0 Å². The molecule has 0 saturated heterocycles. The fourth-order valence-electron chi connectivity index (χ4n) is 2.32. The number of rotatable bonds is 6. The van der Waals surface area contributed by atoms with E-state index in [2.05, 4.69) is 12.2 Å². The number of hydrogen-bond acceptors (Lipinski definition) is 2. The number of halogens is 1. The van der Waals surface area contributed by atoms with E-state index in [1.54, 1.807) is 13.0 Å². The van der Waals surface area contributed by atoms with Gasteiger partial charge in [-0.25, -0.2) is 4.39 Å². The standard InChI is InChI=1S/C18H22FNO/c1-4-10-21-16-7-5-6-14(11-16)18(20-3)15-9-8-13(2)17(19)12-15/h5-9,11-12,18,20H,4,10H2,1-3H3.